The Balaban J connectivity index is 1.68. The number of hydrogen-bond acceptors (Lipinski definition) is 2. The fraction of sp³-hybridized carbons (Fsp3) is 0.280. The molecule has 2 atom stereocenters. The summed E-state index contributed by atoms with van der Waals surface area (Å²) in [5.41, 5.74) is 3.91. The van der Waals surface area contributed by atoms with Crippen molar-refractivity contribution in [3.05, 3.63) is 101 Å². The van der Waals surface area contributed by atoms with Gasteiger partial charge in [-0.15, -0.1) is 0 Å². The van der Waals surface area contributed by atoms with Crippen LogP contribution in [0.2, 0.25) is 5.02 Å². The van der Waals surface area contributed by atoms with Crippen LogP contribution in [0.15, 0.2) is 78.9 Å². The van der Waals surface area contributed by atoms with Crippen molar-refractivity contribution in [2.45, 2.75) is 31.3 Å². The van der Waals surface area contributed by atoms with Crippen LogP contribution in [0, 0.1) is 6.92 Å². The van der Waals surface area contributed by atoms with Crippen LogP contribution < -0.4 is 4.74 Å². The van der Waals surface area contributed by atoms with Crippen molar-refractivity contribution in [3.8, 4) is 5.75 Å². The summed E-state index contributed by atoms with van der Waals surface area (Å²) in [6.07, 6.45) is 0. The van der Waals surface area contributed by atoms with E-state index in [-0.39, 0.29) is 4.83 Å². The molecule has 0 radical (unpaired) electrons. The summed E-state index contributed by atoms with van der Waals surface area (Å²) in [5.74, 6) is 0.795. The summed E-state index contributed by atoms with van der Waals surface area (Å²) in [7, 11) is 0. The summed E-state index contributed by atoms with van der Waals surface area (Å²) >= 11 is 9.88. The quantitative estimate of drug-likeness (QED) is 0.309. The molecular formula is C25H27BrClNO. The van der Waals surface area contributed by atoms with Gasteiger partial charge in [0.1, 0.15) is 12.4 Å². The van der Waals surface area contributed by atoms with Crippen LogP contribution >= 0.6 is 27.5 Å². The Labute approximate surface area is 187 Å². The van der Waals surface area contributed by atoms with Gasteiger partial charge < -0.3 is 4.74 Å². The van der Waals surface area contributed by atoms with Crippen LogP contribution in [-0.4, -0.2) is 22.9 Å². The van der Waals surface area contributed by atoms with E-state index < -0.39 is 0 Å². The van der Waals surface area contributed by atoms with Crippen molar-refractivity contribution in [3.63, 3.8) is 0 Å². The minimum absolute atomic E-state index is 0.193. The molecule has 4 heteroatoms. The molecule has 3 aromatic rings. The monoisotopic (exact) mass is 471 g/mol. The maximum atomic E-state index is 6.06. The summed E-state index contributed by atoms with van der Waals surface area (Å²) in [5, 5.41) is 0.687. The second kappa shape index (κ2) is 10.8. The molecule has 0 saturated carbocycles. The molecule has 0 amide bonds. The molecule has 152 valence electrons. The normalized spacial score (nSPS) is 13.3. The van der Waals surface area contributed by atoms with Crippen LogP contribution in [0.1, 0.15) is 29.7 Å². The lowest BCUT2D eigenvalue weighted by atomic mass is 10.1. The van der Waals surface area contributed by atoms with Gasteiger partial charge in [0, 0.05) is 24.2 Å². The van der Waals surface area contributed by atoms with Gasteiger partial charge in [0.2, 0.25) is 0 Å². The molecule has 3 rings (SSSR count). The molecule has 2 nitrogen and oxygen atoms in total. The average Bonchev–Trinajstić information content (AvgIpc) is 2.73. The highest BCUT2D eigenvalue weighted by molar-refractivity contribution is 9.09. The first kappa shape index (κ1) is 21.9. The van der Waals surface area contributed by atoms with Crippen LogP contribution in [0.3, 0.4) is 0 Å². The zero-order valence-electron chi connectivity index (χ0n) is 16.9. The fourth-order valence-corrected chi connectivity index (χ4v) is 3.96. The standard InChI is InChI=1S/C25H27BrClNO/c1-19-11-13-21(14-12-19)16-28(20(2)22-7-4-3-5-8-22)17-23(26)18-29-25-10-6-9-24(27)15-25/h3-15,20,23H,16-18H2,1-2H3/t20-,23-/m1/s1. The molecular weight excluding hydrogens is 446 g/mol. The Morgan fingerprint density at radius 3 is 2.38 bits per heavy atom. The molecule has 3 aromatic carbocycles. The molecule has 0 aliphatic rings. The highest BCUT2D eigenvalue weighted by Crippen LogP contribution is 2.24. The van der Waals surface area contributed by atoms with Crippen LogP contribution in [0.25, 0.3) is 0 Å². The van der Waals surface area contributed by atoms with Crippen molar-refractivity contribution in [2.24, 2.45) is 0 Å². The summed E-state index contributed by atoms with van der Waals surface area (Å²) in [6.45, 7) is 6.71. The summed E-state index contributed by atoms with van der Waals surface area (Å²) in [4.78, 5) is 2.68. The van der Waals surface area contributed by atoms with E-state index in [1.165, 1.54) is 16.7 Å². The Bertz CT molecular complexity index is 885. The number of alkyl halides is 1. The lowest BCUT2D eigenvalue weighted by Gasteiger charge is -2.31. The van der Waals surface area contributed by atoms with Gasteiger partial charge in [-0.05, 0) is 43.2 Å². The van der Waals surface area contributed by atoms with E-state index in [9.17, 15) is 0 Å². The lowest BCUT2D eigenvalue weighted by Crippen LogP contribution is -2.34. The molecule has 0 saturated heterocycles. The average molecular weight is 473 g/mol. The summed E-state index contributed by atoms with van der Waals surface area (Å²) < 4.78 is 5.94. The van der Waals surface area contributed by atoms with Crippen molar-refractivity contribution in [1.82, 2.24) is 4.90 Å². The van der Waals surface area contributed by atoms with E-state index in [1.807, 2.05) is 24.3 Å². The van der Waals surface area contributed by atoms with Crippen molar-refractivity contribution in [2.75, 3.05) is 13.2 Å². The maximum Gasteiger partial charge on any atom is 0.120 e. The van der Waals surface area contributed by atoms with Crippen molar-refractivity contribution >= 4 is 27.5 Å². The number of benzene rings is 3. The van der Waals surface area contributed by atoms with Gasteiger partial charge >= 0.3 is 0 Å². The largest absolute Gasteiger partial charge is 0.492 e. The predicted octanol–water partition coefficient (Wildman–Crippen LogP) is 7.05. The highest BCUT2D eigenvalue weighted by atomic mass is 79.9. The van der Waals surface area contributed by atoms with Gasteiger partial charge in [-0.3, -0.25) is 4.90 Å². The minimum Gasteiger partial charge on any atom is -0.492 e. The third-order valence-corrected chi connectivity index (χ3v) is 5.78. The molecule has 0 aromatic heterocycles. The topological polar surface area (TPSA) is 12.5 Å². The molecule has 0 unspecified atom stereocenters. The third-order valence-electron chi connectivity index (χ3n) is 5.00. The number of halogens is 2. The van der Waals surface area contributed by atoms with Crippen LogP contribution in [0.4, 0.5) is 0 Å². The zero-order valence-corrected chi connectivity index (χ0v) is 19.2. The SMILES string of the molecule is Cc1ccc(CN(C[C@@H](Br)COc2cccc(Cl)c2)[C@H](C)c2ccccc2)cc1. The molecule has 0 spiro atoms. The van der Waals surface area contributed by atoms with Gasteiger partial charge in [0.05, 0.1) is 4.83 Å². The van der Waals surface area contributed by atoms with Gasteiger partial charge in [-0.1, -0.05) is 93.8 Å². The highest BCUT2D eigenvalue weighted by Gasteiger charge is 2.20. The van der Waals surface area contributed by atoms with Crippen LogP contribution in [-0.2, 0) is 6.54 Å². The number of nitrogens with zero attached hydrogens (tertiary/aromatic N) is 1. The summed E-state index contributed by atoms with van der Waals surface area (Å²) in [6, 6.07) is 27.3. The Morgan fingerprint density at radius 2 is 1.69 bits per heavy atom. The van der Waals surface area contributed by atoms with E-state index >= 15 is 0 Å². The van der Waals surface area contributed by atoms with Crippen LogP contribution in [0.5, 0.6) is 5.75 Å². The predicted molar refractivity (Wildman–Crippen MR) is 126 cm³/mol. The van der Waals surface area contributed by atoms with E-state index in [1.54, 1.807) is 0 Å². The first-order chi connectivity index (χ1) is 14.0. The maximum absolute atomic E-state index is 6.06. The van der Waals surface area contributed by atoms with Gasteiger partial charge in [-0.2, -0.15) is 0 Å². The Kier molecular flexibility index (Phi) is 8.17. The van der Waals surface area contributed by atoms with Crippen molar-refractivity contribution in [1.29, 1.82) is 0 Å². The Hall–Kier alpha value is -1.81. The number of aryl methyl sites for hydroxylation is 1. The zero-order chi connectivity index (χ0) is 20.6. The molecule has 0 N–H and O–H groups in total. The number of rotatable bonds is 9. The second-order valence-corrected chi connectivity index (χ2v) is 9.10. The third kappa shape index (κ3) is 6.88. The molecule has 0 bridgehead atoms. The fourth-order valence-electron chi connectivity index (χ4n) is 3.28. The van der Waals surface area contributed by atoms with E-state index in [0.717, 1.165) is 18.8 Å². The molecule has 0 aliphatic heterocycles. The van der Waals surface area contributed by atoms with Gasteiger partial charge in [0.15, 0.2) is 0 Å². The molecule has 0 heterocycles. The first-order valence-corrected chi connectivity index (χ1v) is 11.2. The first-order valence-electron chi connectivity index (χ1n) is 9.88. The smallest absolute Gasteiger partial charge is 0.120 e. The van der Waals surface area contributed by atoms with E-state index in [2.05, 4.69) is 89.3 Å². The number of hydrogen-bond donors (Lipinski definition) is 0. The minimum atomic E-state index is 0.193. The Morgan fingerprint density at radius 1 is 0.966 bits per heavy atom. The molecule has 29 heavy (non-hydrogen) atoms. The second-order valence-electron chi connectivity index (χ2n) is 7.37. The lowest BCUT2D eigenvalue weighted by molar-refractivity contribution is 0.187. The van der Waals surface area contributed by atoms with Gasteiger partial charge in [-0.25, -0.2) is 0 Å². The number of ether oxygens (including phenoxy) is 1. The molecule has 0 aliphatic carbocycles. The van der Waals surface area contributed by atoms with Gasteiger partial charge in [0.25, 0.3) is 0 Å². The van der Waals surface area contributed by atoms with E-state index in [4.69, 9.17) is 16.3 Å². The molecule has 0 fully saturated rings. The van der Waals surface area contributed by atoms with Crippen molar-refractivity contribution < 1.29 is 4.74 Å². The van der Waals surface area contributed by atoms with E-state index in [0.29, 0.717) is 17.7 Å².